The highest BCUT2D eigenvalue weighted by molar-refractivity contribution is 5.69. The number of aliphatic hydroxyl groups is 1. The average Bonchev–Trinajstić information content (AvgIpc) is 2.67. The number of rotatable bonds is 6. The molecule has 2 atom stereocenters. The van der Waals surface area contributed by atoms with Gasteiger partial charge in [0.1, 0.15) is 6.10 Å². The van der Waals surface area contributed by atoms with E-state index >= 15 is 0 Å². The van der Waals surface area contributed by atoms with Gasteiger partial charge in [0.2, 0.25) is 11.4 Å². The fraction of sp³-hybridized carbons (Fsp3) is 0.500. The first-order valence-electron chi connectivity index (χ1n) is 10.6. The molecular formula is C24H33N2O4+. The standard InChI is InChI=1S/C24H33N2O4/c1-6-22(25-12-11-21(30-23(25)27)15-24(4,5)28)19-9-7-18(8-10-19)20-13-16(2)26(29)17(3)14-20/h7-10,13-14,21-22,28-29H,6,11-12,15H2,1-5H3/q+1. The molecule has 2 unspecified atom stereocenters. The zero-order valence-electron chi connectivity index (χ0n) is 18.6. The van der Waals surface area contributed by atoms with Crippen molar-refractivity contribution in [2.75, 3.05) is 6.54 Å². The van der Waals surface area contributed by atoms with E-state index in [1.807, 2.05) is 26.0 Å². The van der Waals surface area contributed by atoms with E-state index in [1.165, 1.54) is 4.73 Å². The van der Waals surface area contributed by atoms with Crippen molar-refractivity contribution in [1.82, 2.24) is 4.90 Å². The molecule has 1 amide bonds. The number of aromatic nitrogens is 1. The summed E-state index contributed by atoms with van der Waals surface area (Å²) in [6.07, 6.45) is 1.40. The van der Waals surface area contributed by atoms with E-state index in [4.69, 9.17) is 4.74 Å². The quantitative estimate of drug-likeness (QED) is 0.546. The number of cyclic esters (lactones) is 1. The number of amides is 1. The molecule has 1 saturated heterocycles. The molecule has 2 aromatic rings. The normalized spacial score (nSPS) is 18.3. The van der Waals surface area contributed by atoms with Crippen LogP contribution in [0.3, 0.4) is 0 Å². The summed E-state index contributed by atoms with van der Waals surface area (Å²) in [5.41, 5.74) is 3.88. The maximum Gasteiger partial charge on any atom is 0.410 e. The van der Waals surface area contributed by atoms with Crippen molar-refractivity contribution < 1.29 is 24.6 Å². The first kappa shape index (κ1) is 22.1. The van der Waals surface area contributed by atoms with Crippen LogP contribution in [0.2, 0.25) is 0 Å². The van der Waals surface area contributed by atoms with Crippen molar-refractivity contribution in [1.29, 1.82) is 0 Å². The Bertz CT molecular complexity index is 879. The van der Waals surface area contributed by atoms with Crippen molar-refractivity contribution in [3.8, 4) is 11.1 Å². The van der Waals surface area contributed by atoms with Crippen LogP contribution >= 0.6 is 0 Å². The number of aryl methyl sites for hydroxylation is 2. The van der Waals surface area contributed by atoms with Gasteiger partial charge in [-0.05, 0) is 37.0 Å². The molecule has 2 N–H and O–H groups in total. The van der Waals surface area contributed by atoms with Crippen molar-refractivity contribution in [3.05, 3.63) is 53.3 Å². The number of ether oxygens (including phenoxy) is 1. The van der Waals surface area contributed by atoms with Gasteiger partial charge >= 0.3 is 6.09 Å². The van der Waals surface area contributed by atoms with Crippen LogP contribution in [0.1, 0.15) is 63.0 Å². The molecule has 1 aromatic carbocycles. The number of hydrogen-bond donors (Lipinski definition) is 2. The van der Waals surface area contributed by atoms with Crippen LogP contribution in [0, 0.1) is 13.8 Å². The summed E-state index contributed by atoms with van der Waals surface area (Å²) in [6, 6.07) is 12.1. The van der Waals surface area contributed by atoms with Gasteiger partial charge < -0.3 is 14.7 Å². The Labute approximate surface area is 178 Å². The molecule has 0 bridgehead atoms. The summed E-state index contributed by atoms with van der Waals surface area (Å²) in [4.78, 5) is 14.4. The van der Waals surface area contributed by atoms with E-state index in [0.717, 1.165) is 34.5 Å². The molecular weight excluding hydrogens is 380 g/mol. The van der Waals surface area contributed by atoms with Crippen LogP contribution < -0.4 is 4.73 Å². The highest BCUT2D eigenvalue weighted by atomic mass is 16.6. The molecule has 0 spiro atoms. The van der Waals surface area contributed by atoms with E-state index < -0.39 is 5.60 Å². The van der Waals surface area contributed by atoms with Gasteiger partial charge in [0.05, 0.1) is 11.6 Å². The van der Waals surface area contributed by atoms with Crippen LogP contribution in [-0.2, 0) is 4.74 Å². The second kappa shape index (κ2) is 8.64. The smallest absolute Gasteiger partial charge is 0.410 e. The molecule has 1 aliphatic rings. The van der Waals surface area contributed by atoms with Crippen LogP contribution in [0.4, 0.5) is 4.79 Å². The Morgan fingerprint density at radius 1 is 1.17 bits per heavy atom. The third-order valence-electron chi connectivity index (χ3n) is 5.71. The van der Waals surface area contributed by atoms with Crippen molar-refractivity contribution >= 4 is 6.09 Å². The molecule has 2 heterocycles. The van der Waals surface area contributed by atoms with Gasteiger partial charge in [0, 0.05) is 50.1 Å². The van der Waals surface area contributed by atoms with Crippen molar-refractivity contribution in [3.63, 3.8) is 0 Å². The topological polar surface area (TPSA) is 73.9 Å². The molecule has 1 fully saturated rings. The lowest BCUT2D eigenvalue weighted by Crippen LogP contribution is -2.45. The Kier molecular flexibility index (Phi) is 6.36. The number of carbonyl (C=O) groups is 1. The van der Waals surface area contributed by atoms with Crippen molar-refractivity contribution in [2.45, 2.75) is 71.6 Å². The van der Waals surface area contributed by atoms with E-state index in [9.17, 15) is 15.1 Å². The minimum atomic E-state index is -0.851. The first-order chi connectivity index (χ1) is 14.1. The van der Waals surface area contributed by atoms with Crippen LogP contribution in [-0.4, -0.2) is 39.6 Å². The molecule has 30 heavy (non-hydrogen) atoms. The SMILES string of the molecule is CCC(c1ccc(-c2cc(C)[n+](O)c(C)c2)cc1)N1CCC(CC(C)(C)O)OC1=O. The van der Waals surface area contributed by atoms with Gasteiger partial charge in [-0.15, -0.1) is 0 Å². The van der Waals surface area contributed by atoms with E-state index in [0.29, 0.717) is 19.4 Å². The molecule has 3 rings (SSSR count). The van der Waals surface area contributed by atoms with E-state index in [2.05, 4.69) is 31.2 Å². The predicted molar refractivity (Wildman–Crippen MR) is 114 cm³/mol. The largest absolute Gasteiger partial charge is 0.446 e. The van der Waals surface area contributed by atoms with Gasteiger partial charge in [-0.2, -0.15) is 0 Å². The molecule has 0 radical (unpaired) electrons. The van der Waals surface area contributed by atoms with E-state index in [1.54, 1.807) is 18.7 Å². The highest BCUT2D eigenvalue weighted by Crippen LogP contribution is 2.31. The van der Waals surface area contributed by atoms with Gasteiger partial charge in [-0.1, -0.05) is 31.2 Å². The fourth-order valence-corrected chi connectivity index (χ4v) is 4.22. The third kappa shape index (κ3) is 4.93. The highest BCUT2D eigenvalue weighted by Gasteiger charge is 2.34. The Morgan fingerprint density at radius 3 is 2.27 bits per heavy atom. The van der Waals surface area contributed by atoms with Crippen LogP contribution in [0.15, 0.2) is 36.4 Å². The minimum Gasteiger partial charge on any atom is -0.446 e. The molecule has 0 saturated carbocycles. The number of nitrogens with zero attached hydrogens (tertiary/aromatic N) is 2. The second-order valence-corrected chi connectivity index (χ2v) is 8.89. The number of carbonyl (C=O) groups excluding carboxylic acids is 1. The number of hydrogen-bond acceptors (Lipinski definition) is 4. The lowest BCUT2D eigenvalue weighted by atomic mass is 9.96. The predicted octanol–water partition coefficient (Wildman–Crippen LogP) is 4.32. The van der Waals surface area contributed by atoms with Gasteiger partial charge in [0.25, 0.3) is 0 Å². The lowest BCUT2D eigenvalue weighted by molar-refractivity contribution is -0.912. The zero-order valence-corrected chi connectivity index (χ0v) is 18.6. The zero-order chi connectivity index (χ0) is 22.1. The minimum absolute atomic E-state index is 0.0477. The van der Waals surface area contributed by atoms with Gasteiger partial charge in [-0.25, -0.2) is 4.79 Å². The summed E-state index contributed by atoms with van der Waals surface area (Å²) in [5.74, 6) is 0. The molecule has 0 aliphatic carbocycles. The summed E-state index contributed by atoms with van der Waals surface area (Å²) < 4.78 is 6.79. The number of pyridine rings is 1. The Balaban J connectivity index is 1.76. The summed E-state index contributed by atoms with van der Waals surface area (Å²) in [5, 5.41) is 19.9. The molecule has 1 aromatic heterocycles. The van der Waals surface area contributed by atoms with Gasteiger partial charge in [-0.3, -0.25) is 5.21 Å². The Morgan fingerprint density at radius 2 is 1.77 bits per heavy atom. The van der Waals surface area contributed by atoms with Crippen molar-refractivity contribution in [2.24, 2.45) is 0 Å². The monoisotopic (exact) mass is 413 g/mol. The summed E-state index contributed by atoms with van der Waals surface area (Å²) >= 11 is 0. The maximum atomic E-state index is 12.7. The van der Waals surface area contributed by atoms with Gasteiger partial charge in [0.15, 0.2) is 0 Å². The molecule has 6 heteroatoms. The number of benzene rings is 1. The van der Waals surface area contributed by atoms with E-state index in [-0.39, 0.29) is 18.2 Å². The maximum absolute atomic E-state index is 12.7. The molecule has 162 valence electrons. The fourth-order valence-electron chi connectivity index (χ4n) is 4.22. The second-order valence-electron chi connectivity index (χ2n) is 8.89. The molecule has 1 aliphatic heterocycles. The molecule has 6 nitrogen and oxygen atoms in total. The summed E-state index contributed by atoms with van der Waals surface area (Å²) in [6.45, 7) is 9.89. The Hall–Kier alpha value is -2.60. The third-order valence-corrected chi connectivity index (χ3v) is 5.71. The lowest BCUT2D eigenvalue weighted by Gasteiger charge is -2.38. The van der Waals surface area contributed by atoms with Crippen LogP contribution in [0.25, 0.3) is 11.1 Å². The average molecular weight is 414 g/mol. The first-order valence-corrected chi connectivity index (χ1v) is 10.6. The summed E-state index contributed by atoms with van der Waals surface area (Å²) in [7, 11) is 0. The van der Waals surface area contributed by atoms with Crippen LogP contribution in [0.5, 0.6) is 0 Å².